The molecule has 0 bridgehead atoms. The third kappa shape index (κ3) is 11.6. The lowest BCUT2D eigenvalue weighted by Gasteiger charge is -2.27. The number of carboxylic acid groups (broad SMARTS) is 1. The molecule has 0 saturated carbocycles. The molecule has 1 saturated heterocycles. The molecule has 0 radical (unpaired) electrons. The van der Waals surface area contributed by atoms with E-state index < -0.39 is 35.6 Å². The SMILES string of the molecule is O=C(O)CCOCCOCCOCCOCCOCCOCCOc1ccc2c(c1)C(=O)N(C1CCC(=O)NC1=O)C2=O. The Hall–Kier alpha value is -3.47. The first-order valence-electron chi connectivity index (χ1n) is 14.0. The first kappa shape index (κ1) is 34.0. The van der Waals surface area contributed by atoms with Gasteiger partial charge >= 0.3 is 5.97 Å². The number of ether oxygens (including phenoxy) is 7. The maximum Gasteiger partial charge on any atom is 0.305 e. The molecule has 43 heavy (non-hydrogen) atoms. The average Bonchev–Trinajstić information content (AvgIpc) is 3.22. The van der Waals surface area contributed by atoms with Crippen LogP contribution in [0.2, 0.25) is 0 Å². The summed E-state index contributed by atoms with van der Waals surface area (Å²) in [6.07, 6.45) is 0.132. The molecule has 1 aromatic rings. The minimum Gasteiger partial charge on any atom is -0.491 e. The first-order chi connectivity index (χ1) is 20.9. The van der Waals surface area contributed by atoms with Crippen molar-refractivity contribution in [1.82, 2.24) is 10.2 Å². The van der Waals surface area contributed by atoms with Crippen LogP contribution in [0.15, 0.2) is 18.2 Å². The molecular formula is C28H38N2O13. The van der Waals surface area contributed by atoms with Crippen LogP contribution < -0.4 is 10.1 Å². The number of hydrogen-bond acceptors (Lipinski definition) is 12. The molecule has 2 aliphatic heterocycles. The summed E-state index contributed by atoms with van der Waals surface area (Å²) >= 11 is 0. The zero-order chi connectivity index (χ0) is 30.9. The maximum atomic E-state index is 12.9. The Bertz CT molecular complexity index is 1100. The molecule has 238 valence electrons. The Kier molecular flexibility index (Phi) is 15.0. The van der Waals surface area contributed by atoms with Gasteiger partial charge in [-0.3, -0.25) is 34.2 Å². The van der Waals surface area contributed by atoms with Gasteiger partial charge in [-0.25, -0.2) is 0 Å². The van der Waals surface area contributed by atoms with Gasteiger partial charge in [0.2, 0.25) is 11.8 Å². The Morgan fingerprint density at radius 2 is 1.21 bits per heavy atom. The van der Waals surface area contributed by atoms with Crippen molar-refractivity contribution in [1.29, 1.82) is 0 Å². The van der Waals surface area contributed by atoms with E-state index in [4.69, 9.17) is 38.3 Å². The molecule has 1 fully saturated rings. The van der Waals surface area contributed by atoms with Gasteiger partial charge in [-0.1, -0.05) is 0 Å². The fourth-order valence-corrected chi connectivity index (χ4v) is 4.12. The van der Waals surface area contributed by atoms with E-state index in [0.717, 1.165) is 4.90 Å². The van der Waals surface area contributed by atoms with Crippen molar-refractivity contribution in [3.05, 3.63) is 29.3 Å². The Morgan fingerprint density at radius 1 is 0.721 bits per heavy atom. The number of imide groups is 2. The number of carboxylic acids is 1. The van der Waals surface area contributed by atoms with Gasteiger partial charge in [-0.05, 0) is 24.6 Å². The molecule has 1 unspecified atom stereocenters. The molecule has 1 atom stereocenters. The lowest BCUT2D eigenvalue weighted by atomic mass is 10.0. The normalized spacial score (nSPS) is 16.5. The summed E-state index contributed by atoms with van der Waals surface area (Å²) in [4.78, 5) is 60.4. The summed E-state index contributed by atoms with van der Waals surface area (Å²) in [6, 6.07) is 3.51. The Balaban J connectivity index is 1.13. The van der Waals surface area contributed by atoms with Crippen molar-refractivity contribution in [2.45, 2.75) is 25.3 Å². The van der Waals surface area contributed by atoms with Crippen molar-refractivity contribution < 1.29 is 62.2 Å². The predicted molar refractivity (Wildman–Crippen MR) is 146 cm³/mol. The molecule has 0 spiro atoms. The second-order valence-corrected chi connectivity index (χ2v) is 9.32. The van der Waals surface area contributed by atoms with E-state index in [0.29, 0.717) is 71.8 Å². The van der Waals surface area contributed by atoms with Crippen molar-refractivity contribution >= 4 is 29.6 Å². The van der Waals surface area contributed by atoms with Crippen LogP contribution in [0.3, 0.4) is 0 Å². The van der Waals surface area contributed by atoms with Crippen LogP contribution >= 0.6 is 0 Å². The summed E-state index contributed by atoms with van der Waals surface area (Å²) in [5.74, 6) is -2.75. The summed E-state index contributed by atoms with van der Waals surface area (Å²) in [7, 11) is 0. The number of fused-ring (bicyclic) bond motifs is 1. The molecule has 4 amide bonds. The van der Waals surface area contributed by atoms with E-state index in [2.05, 4.69) is 5.32 Å². The second kappa shape index (κ2) is 18.9. The molecular weight excluding hydrogens is 572 g/mol. The van der Waals surface area contributed by atoms with Gasteiger partial charge < -0.3 is 38.3 Å². The van der Waals surface area contributed by atoms with Crippen LogP contribution in [0.25, 0.3) is 0 Å². The average molecular weight is 611 g/mol. The van der Waals surface area contributed by atoms with E-state index in [1.165, 1.54) is 12.1 Å². The third-order valence-corrected chi connectivity index (χ3v) is 6.23. The topological polar surface area (TPSA) is 185 Å². The van der Waals surface area contributed by atoms with Crippen molar-refractivity contribution in [3.63, 3.8) is 0 Å². The third-order valence-electron chi connectivity index (χ3n) is 6.23. The number of benzene rings is 1. The Labute approximate surface area is 248 Å². The number of rotatable bonds is 23. The zero-order valence-corrected chi connectivity index (χ0v) is 23.9. The van der Waals surface area contributed by atoms with Gasteiger partial charge in [-0.15, -0.1) is 0 Å². The number of carbonyl (C=O) groups excluding carboxylic acids is 4. The summed E-state index contributed by atoms with van der Waals surface area (Å²) < 4.78 is 37.7. The predicted octanol–water partition coefficient (Wildman–Crippen LogP) is 0.0409. The van der Waals surface area contributed by atoms with E-state index >= 15 is 0 Å². The van der Waals surface area contributed by atoms with Crippen LogP contribution in [0, 0.1) is 0 Å². The van der Waals surface area contributed by atoms with Gasteiger partial charge in [0.15, 0.2) is 0 Å². The lowest BCUT2D eigenvalue weighted by Crippen LogP contribution is -2.54. The van der Waals surface area contributed by atoms with E-state index in [1.807, 2.05) is 0 Å². The van der Waals surface area contributed by atoms with Gasteiger partial charge in [-0.2, -0.15) is 0 Å². The van der Waals surface area contributed by atoms with Crippen molar-refractivity contribution in [3.8, 4) is 5.75 Å². The fraction of sp³-hybridized carbons (Fsp3) is 0.607. The van der Waals surface area contributed by atoms with Gasteiger partial charge in [0.05, 0.1) is 96.8 Å². The highest BCUT2D eigenvalue weighted by Crippen LogP contribution is 2.30. The van der Waals surface area contributed by atoms with Crippen LogP contribution in [-0.2, 0) is 42.8 Å². The maximum absolute atomic E-state index is 12.9. The van der Waals surface area contributed by atoms with Crippen LogP contribution in [-0.4, -0.2) is 132 Å². The molecule has 2 aliphatic rings. The van der Waals surface area contributed by atoms with Gasteiger partial charge in [0.1, 0.15) is 18.4 Å². The molecule has 1 aromatic carbocycles. The minimum absolute atomic E-state index is 0.0229. The molecule has 15 nitrogen and oxygen atoms in total. The van der Waals surface area contributed by atoms with Crippen molar-refractivity contribution in [2.75, 3.05) is 85.9 Å². The number of amides is 4. The number of nitrogens with one attached hydrogen (secondary N) is 1. The number of piperidine rings is 1. The van der Waals surface area contributed by atoms with Gasteiger partial charge in [0.25, 0.3) is 11.8 Å². The number of aliphatic carboxylic acids is 1. The summed E-state index contributed by atoms with van der Waals surface area (Å²) in [5, 5.41) is 10.7. The van der Waals surface area contributed by atoms with Gasteiger partial charge in [0, 0.05) is 6.42 Å². The standard InChI is InChI=1S/C28H38N2O13/c31-24-4-3-23(26(34)29-24)30-27(35)21-2-1-20(19-22(21)28(30)36)43-18-17-42-16-15-41-14-13-40-12-11-39-10-9-38-8-7-37-6-5-25(32)33/h1-2,19,23H,3-18H2,(H,32,33)(H,29,31,34). The molecule has 2 N–H and O–H groups in total. The smallest absolute Gasteiger partial charge is 0.305 e. The highest BCUT2D eigenvalue weighted by Gasteiger charge is 2.44. The number of nitrogens with zero attached hydrogens (tertiary/aromatic N) is 1. The van der Waals surface area contributed by atoms with Crippen LogP contribution in [0.4, 0.5) is 0 Å². The van der Waals surface area contributed by atoms with Crippen molar-refractivity contribution in [2.24, 2.45) is 0 Å². The molecule has 0 aromatic heterocycles. The highest BCUT2D eigenvalue weighted by atomic mass is 16.6. The minimum atomic E-state index is -1.01. The fourth-order valence-electron chi connectivity index (χ4n) is 4.12. The quantitative estimate of drug-likeness (QED) is 0.125. The summed E-state index contributed by atoms with van der Waals surface area (Å²) in [5.41, 5.74) is 0.338. The van der Waals surface area contributed by atoms with E-state index in [9.17, 15) is 24.0 Å². The Morgan fingerprint density at radius 3 is 1.72 bits per heavy atom. The second-order valence-electron chi connectivity index (χ2n) is 9.32. The monoisotopic (exact) mass is 610 g/mol. The number of carbonyl (C=O) groups is 5. The highest BCUT2D eigenvalue weighted by molar-refractivity contribution is 6.23. The number of hydrogen-bond donors (Lipinski definition) is 2. The zero-order valence-electron chi connectivity index (χ0n) is 23.9. The van der Waals surface area contributed by atoms with Crippen LogP contribution in [0.1, 0.15) is 40.0 Å². The largest absolute Gasteiger partial charge is 0.491 e. The molecule has 15 heteroatoms. The lowest BCUT2D eigenvalue weighted by molar-refractivity contribution is -0.138. The van der Waals surface area contributed by atoms with E-state index in [1.54, 1.807) is 6.07 Å². The first-order valence-corrected chi connectivity index (χ1v) is 14.0. The molecule has 3 rings (SSSR count). The van der Waals surface area contributed by atoms with Crippen LogP contribution in [0.5, 0.6) is 5.75 Å². The summed E-state index contributed by atoms with van der Waals surface area (Å²) in [6.45, 7) is 4.62. The molecule has 2 heterocycles. The van der Waals surface area contributed by atoms with E-state index in [-0.39, 0.29) is 50.2 Å². The molecule has 0 aliphatic carbocycles.